The molecule has 18 heavy (non-hydrogen) atoms. The summed E-state index contributed by atoms with van der Waals surface area (Å²) in [5, 5.41) is 12.3. The highest BCUT2D eigenvalue weighted by Crippen LogP contribution is 2.28. The van der Waals surface area contributed by atoms with Crippen molar-refractivity contribution in [2.75, 3.05) is 18.0 Å². The second-order valence-corrected chi connectivity index (χ2v) is 5.84. The monoisotopic (exact) mass is 307 g/mol. The Kier molecular flexibility index (Phi) is 4.26. The Morgan fingerprint density at radius 3 is 2.94 bits per heavy atom. The molecule has 0 radical (unpaired) electrons. The molecule has 1 aromatic rings. The molecule has 4 heteroatoms. The lowest BCUT2D eigenvalue weighted by molar-refractivity contribution is 0.391. The molecule has 1 saturated heterocycles. The average Bonchev–Trinajstić information content (AvgIpc) is 2.28. The Hall–Kier alpha value is -1.05. The first kappa shape index (κ1) is 13.4. The van der Waals surface area contributed by atoms with Crippen LogP contribution in [0.3, 0.4) is 0 Å². The van der Waals surface area contributed by atoms with Crippen LogP contribution in [-0.4, -0.2) is 25.2 Å². The van der Waals surface area contributed by atoms with Crippen molar-refractivity contribution in [3.8, 4) is 6.07 Å². The maximum atomic E-state index is 8.83. The van der Waals surface area contributed by atoms with Crippen molar-refractivity contribution in [2.45, 2.75) is 32.4 Å². The van der Waals surface area contributed by atoms with Crippen LogP contribution >= 0.6 is 15.9 Å². The summed E-state index contributed by atoms with van der Waals surface area (Å²) in [6.07, 6.45) is 0.560. The van der Waals surface area contributed by atoms with Gasteiger partial charge in [0.05, 0.1) is 18.2 Å². The van der Waals surface area contributed by atoms with Gasteiger partial charge in [0, 0.05) is 29.6 Å². The maximum Gasteiger partial charge on any atom is 0.0638 e. The molecule has 0 amide bonds. The molecule has 0 saturated carbocycles. The molecule has 1 fully saturated rings. The Morgan fingerprint density at radius 1 is 1.50 bits per heavy atom. The number of aryl methyl sites for hydroxylation is 1. The average molecular weight is 308 g/mol. The van der Waals surface area contributed by atoms with Gasteiger partial charge in [-0.1, -0.05) is 6.07 Å². The molecule has 2 atom stereocenters. The quantitative estimate of drug-likeness (QED) is 0.913. The van der Waals surface area contributed by atoms with Gasteiger partial charge in [-0.25, -0.2) is 0 Å². The van der Waals surface area contributed by atoms with Crippen molar-refractivity contribution in [1.82, 2.24) is 5.32 Å². The van der Waals surface area contributed by atoms with Gasteiger partial charge >= 0.3 is 0 Å². The predicted molar refractivity (Wildman–Crippen MR) is 77.7 cm³/mol. The lowest BCUT2D eigenvalue weighted by Gasteiger charge is -2.38. The fourth-order valence-electron chi connectivity index (χ4n) is 2.48. The SMILES string of the molecule is Cc1ccc(N2CC(C)NC(CC#N)C2)c(Br)c1. The minimum Gasteiger partial charge on any atom is -0.367 e. The van der Waals surface area contributed by atoms with Gasteiger partial charge in [-0.2, -0.15) is 5.26 Å². The molecule has 0 spiro atoms. The van der Waals surface area contributed by atoms with Gasteiger partial charge in [-0.3, -0.25) is 0 Å². The summed E-state index contributed by atoms with van der Waals surface area (Å²) in [4.78, 5) is 2.35. The van der Waals surface area contributed by atoms with Crippen LogP contribution in [0.1, 0.15) is 18.9 Å². The third-order valence-electron chi connectivity index (χ3n) is 3.24. The van der Waals surface area contributed by atoms with E-state index in [2.05, 4.69) is 64.3 Å². The van der Waals surface area contributed by atoms with Crippen LogP contribution in [0.2, 0.25) is 0 Å². The number of anilines is 1. The van der Waals surface area contributed by atoms with E-state index in [-0.39, 0.29) is 6.04 Å². The number of halogens is 1. The Balaban J connectivity index is 2.19. The zero-order valence-corrected chi connectivity index (χ0v) is 12.4. The first-order chi connectivity index (χ1) is 8.60. The fourth-order valence-corrected chi connectivity index (χ4v) is 3.22. The van der Waals surface area contributed by atoms with Crippen LogP contribution in [0.5, 0.6) is 0 Å². The van der Waals surface area contributed by atoms with Gasteiger partial charge in [0.1, 0.15) is 0 Å². The summed E-state index contributed by atoms with van der Waals surface area (Å²) < 4.78 is 1.13. The molecule has 96 valence electrons. The van der Waals surface area contributed by atoms with E-state index in [0.717, 1.165) is 17.6 Å². The molecule has 1 N–H and O–H groups in total. The predicted octanol–water partition coefficient (Wildman–Crippen LogP) is 2.84. The topological polar surface area (TPSA) is 39.1 Å². The first-order valence-corrected chi connectivity index (χ1v) is 7.03. The molecular formula is C14H18BrN3. The zero-order chi connectivity index (χ0) is 13.1. The molecular weight excluding hydrogens is 290 g/mol. The standard InChI is InChI=1S/C14H18BrN3/c1-10-3-4-14(13(15)7-10)18-8-11(2)17-12(9-18)5-6-16/h3-4,7,11-12,17H,5,8-9H2,1-2H3. The molecule has 2 unspecified atom stereocenters. The van der Waals surface area contributed by atoms with E-state index < -0.39 is 0 Å². The van der Waals surface area contributed by atoms with Crippen molar-refractivity contribution in [3.05, 3.63) is 28.2 Å². The Morgan fingerprint density at radius 2 is 2.28 bits per heavy atom. The number of nitrogens with zero attached hydrogens (tertiary/aromatic N) is 2. The van der Waals surface area contributed by atoms with Crippen molar-refractivity contribution >= 4 is 21.6 Å². The summed E-state index contributed by atoms with van der Waals surface area (Å²) in [7, 11) is 0. The molecule has 1 heterocycles. The molecule has 0 aromatic heterocycles. The van der Waals surface area contributed by atoms with Crippen LogP contribution in [0.25, 0.3) is 0 Å². The number of piperazine rings is 1. The molecule has 1 aromatic carbocycles. The number of hydrogen-bond acceptors (Lipinski definition) is 3. The van der Waals surface area contributed by atoms with Crippen LogP contribution < -0.4 is 10.2 Å². The minimum atomic E-state index is 0.256. The second-order valence-electron chi connectivity index (χ2n) is 4.99. The molecule has 0 bridgehead atoms. The number of benzene rings is 1. The van der Waals surface area contributed by atoms with Gasteiger partial charge in [0.25, 0.3) is 0 Å². The second kappa shape index (κ2) is 5.73. The fraction of sp³-hybridized carbons (Fsp3) is 0.500. The van der Waals surface area contributed by atoms with Crippen molar-refractivity contribution in [2.24, 2.45) is 0 Å². The third kappa shape index (κ3) is 3.04. The van der Waals surface area contributed by atoms with E-state index in [9.17, 15) is 0 Å². The summed E-state index contributed by atoms with van der Waals surface area (Å²) in [6.45, 7) is 6.12. The highest BCUT2D eigenvalue weighted by atomic mass is 79.9. The van der Waals surface area contributed by atoms with Crippen LogP contribution in [0.4, 0.5) is 5.69 Å². The van der Waals surface area contributed by atoms with Crippen LogP contribution in [-0.2, 0) is 0 Å². The molecule has 2 rings (SSSR count). The summed E-state index contributed by atoms with van der Waals surface area (Å²) >= 11 is 3.63. The number of nitrogens with one attached hydrogen (secondary N) is 1. The minimum absolute atomic E-state index is 0.256. The smallest absolute Gasteiger partial charge is 0.0638 e. The number of hydrogen-bond donors (Lipinski definition) is 1. The van der Waals surface area contributed by atoms with E-state index in [1.54, 1.807) is 0 Å². The first-order valence-electron chi connectivity index (χ1n) is 6.24. The van der Waals surface area contributed by atoms with Gasteiger partial charge in [-0.15, -0.1) is 0 Å². The van der Waals surface area contributed by atoms with Crippen molar-refractivity contribution < 1.29 is 0 Å². The lowest BCUT2D eigenvalue weighted by Crippen LogP contribution is -2.55. The Bertz CT molecular complexity index is 467. The largest absolute Gasteiger partial charge is 0.367 e. The van der Waals surface area contributed by atoms with Crippen molar-refractivity contribution in [1.29, 1.82) is 5.26 Å². The molecule has 0 aliphatic carbocycles. The lowest BCUT2D eigenvalue weighted by atomic mass is 10.1. The van der Waals surface area contributed by atoms with Gasteiger partial charge in [0.15, 0.2) is 0 Å². The van der Waals surface area contributed by atoms with E-state index in [0.29, 0.717) is 12.5 Å². The van der Waals surface area contributed by atoms with Gasteiger partial charge in [-0.05, 0) is 47.5 Å². The van der Waals surface area contributed by atoms with Crippen LogP contribution in [0.15, 0.2) is 22.7 Å². The highest BCUT2D eigenvalue weighted by molar-refractivity contribution is 9.10. The van der Waals surface area contributed by atoms with E-state index >= 15 is 0 Å². The summed E-state index contributed by atoms with van der Waals surface area (Å²) in [6, 6.07) is 9.34. The summed E-state index contributed by atoms with van der Waals surface area (Å²) in [5.41, 5.74) is 2.47. The van der Waals surface area contributed by atoms with Gasteiger partial charge in [0.2, 0.25) is 0 Å². The third-order valence-corrected chi connectivity index (χ3v) is 3.87. The van der Waals surface area contributed by atoms with E-state index in [1.165, 1.54) is 11.3 Å². The van der Waals surface area contributed by atoms with Crippen LogP contribution in [0, 0.1) is 18.3 Å². The molecule has 3 nitrogen and oxygen atoms in total. The number of nitriles is 1. The molecule has 1 aliphatic heterocycles. The normalized spacial score (nSPS) is 23.8. The zero-order valence-electron chi connectivity index (χ0n) is 10.8. The van der Waals surface area contributed by atoms with Crippen molar-refractivity contribution in [3.63, 3.8) is 0 Å². The highest BCUT2D eigenvalue weighted by Gasteiger charge is 2.24. The van der Waals surface area contributed by atoms with Gasteiger partial charge < -0.3 is 10.2 Å². The molecule has 1 aliphatic rings. The Labute approximate surface area is 117 Å². The van der Waals surface area contributed by atoms with E-state index in [4.69, 9.17) is 5.26 Å². The number of rotatable bonds is 2. The maximum absolute atomic E-state index is 8.83. The summed E-state index contributed by atoms with van der Waals surface area (Å²) in [5.74, 6) is 0. The van der Waals surface area contributed by atoms with E-state index in [1.807, 2.05) is 0 Å².